The summed E-state index contributed by atoms with van der Waals surface area (Å²) < 4.78 is 15.2. The van der Waals surface area contributed by atoms with Crippen molar-refractivity contribution in [3.63, 3.8) is 0 Å². The molecule has 186 valence electrons. The van der Waals surface area contributed by atoms with E-state index in [1.165, 1.54) is 16.7 Å². The summed E-state index contributed by atoms with van der Waals surface area (Å²) in [7, 11) is 0. The van der Waals surface area contributed by atoms with E-state index in [4.69, 9.17) is 0 Å². The molecule has 0 aromatic rings. The molecule has 0 radical (unpaired) electrons. The summed E-state index contributed by atoms with van der Waals surface area (Å²) in [5.41, 5.74) is 7.99. The first-order chi connectivity index (χ1) is 15.0. The molecule has 1 aliphatic rings. The van der Waals surface area contributed by atoms with Crippen molar-refractivity contribution in [3.05, 3.63) is 82.2 Å². The van der Waals surface area contributed by atoms with E-state index in [-0.39, 0.29) is 5.41 Å². The molecule has 0 saturated carbocycles. The zero-order valence-corrected chi connectivity index (χ0v) is 23.7. The third-order valence-electron chi connectivity index (χ3n) is 6.46. The van der Waals surface area contributed by atoms with Crippen molar-refractivity contribution in [2.24, 2.45) is 5.41 Å². The van der Waals surface area contributed by atoms with Crippen LogP contribution >= 0.6 is 0 Å². The van der Waals surface area contributed by atoms with Crippen LogP contribution in [0, 0.1) is 5.41 Å². The van der Waals surface area contributed by atoms with Gasteiger partial charge in [0.15, 0.2) is 0 Å². The predicted molar refractivity (Wildman–Crippen MR) is 148 cm³/mol. The molecule has 0 saturated heterocycles. The Hall–Kier alpha value is -2.09. The van der Waals surface area contributed by atoms with Gasteiger partial charge in [-0.2, -0.15) is 0 Å². The van der Waals surface area contributed by atoms with Crippen LogP contribution < -0.4 is 0 Å². The van der Waals surface area contributed by atoms with Crippen molar-refractivity contribution < 1.29 is 4.39 Å². The van der Waals surface area contributed by atoms with Gasteiger partial charge in [0.2, 0.25) is 0 Å². The Labute approximate surface area is 205 Å². The quantitative estimate of drug-likeness (QED) is 0.345. The monoisotopic (exact) mass is 455 g/mol. The van der Waals surface area contributed by atoms with Gasteiger partial charge in [0, 0.05) is 18.8 Å². The number of hydrogen-bond acceptors (Lipinski definition) is 1. The molecule has 0 fully saturated rings. The predicted octanol–water partition coefficient (Wildman–Crippen LogP) is 9.68. The first-order valence-corrected chi connectivity index (χ1v) is 12.3. The van der Waals surface area contributed by atoms with Gasteiger partial charge in [0.25, 0.3) is 0 Å². The molecular weight excluding hydrogens is 405 g/mol. The summed E-state index contributed by atoms with van der Waals surface area (Å²) >= 11 is 0. The van der Waals surface area contributed by atoms with E-state index in [0.717, 1.165) is 46.5 Å². The minimum Gasteiger partial charge on any atom is -0.367 e. The van der Waals surface area contributed by atoms with Gasteiger partial charge < -0.3 is 4.90 Å². The van der Waals surface area contributed by atoms with Crippen LogP contribution in [0.15, 0.2) is 82.2 Å². The molecule has 0 aromatic heterocycles. The van der Waals surface area contributed by atoms with E-state index in [0.29, 0.717) is 6.54 Å². The van der Waals surface area contributed by atoms with Gasteiger partial charge in [-0.05, 0) is 88.2 Å². The highest BCUT2D eigenvalue weighted by Crippen LogP contribution is 2.39. The fraction of sp³-hybridized carbons (Fsp3) is 0.548. The maximum absolute atomic E-state index is 15.2. The number of allylic oxidation sites excluding steroid dienone is 6. The summed E-state index contributed by atoms with van der Waals surface area (Å²) in [5.74, 6) is 0. The summed E-state index contributed by atoms with van der Waals surface area (Å²) in [5, 5.41) is 0. The van der Waals surface area contributed by atoms with Crippen molar-refractivity contribution in [2.45, 2.75) is 95.2 Å². The average molecular weight is 456 g/mol. The molecule has 0 bridgehead atoms. The van der Waals surface area contributed by atoms with Crippen molar-refractivity contribution in [1.82, 2.24) is 4.90 Å². The molecule has 0 N–H and O–H groups in total. The second-order valence-electron chi connectivity index (χ2n) is 10.4. The van der Waals surface area contributed by atoms with Crippen LogP contribution in [-0.2, 0) is 0 Å². The van der Waals surface area contributed by atoms with Gasteiger partial charge >= 0.3 is 0 Å². The molecule has 2 heteroatoms. The number of nitrogens with zero attached hydrogens (tertiary/aromatic N) is 1. The Kier molecular flexibility index (Phi) is 11.6. The van der Waals surface area contributed by atoms with Crippen LogP contribution in [0.25, 0.3) is 0 Å². The zero-order chi connectivity index (χ0) is 26.3. The van der Waals surface area contributed by atoms with Crippen molar-refractivity contribution in [3.8, 4) is 0 Å². The van der Waals surface area contributed by atoms with Gasteiger partial charge in [-0.15, -0.1) is 0 Å². The van der Waals surface area contributed by atoms with E-state index in [9.17, 15) is 0 Å². The maximum atomic E-state index is 15.2. The second-order valence-corrected chi connectivity index (χ2v) is 10.4. The van der Waals surface area contributed by atoms with Gasteiger partial charge in [-0.25, -0.2) is 4.39 Å². The van der Waals surface area contributed by atoms with E-state index >= 15 is 4.39 Å². The number of halogens is 1. The lowest BCUT2D eigenvalue weighted by Gasteiger charge is -2.37. The van der Waals surface area contributed by atoms with Crippen LogP contribution in [0.5, 0.6) is 0 Å². The highest BCUT2D eigenvalue weighted by molar-refractivity contribution is 5.59. The Bertz CT molecular complexity index is 873. The Balaban J connectivity index is 0.00000497. The van der Waals surface area contributed by atoms with Crippen molar-refractivity contribution >= 4 is 0 Å². The lowest BCUT2D eigenvalue weighted by molar-refractivity contribution is 0.270. The normalized spacial score (nSPS) is 16.7. The van der Waals surface area contributed by atoms with Crippen LogP contribution in [-0.4, -0.2) is 23.7 Å². The number of hydrogen-bond donors (Lipinski definition) is 0. The van der Waals surface area contributed by atoms with Crippen LogP contribution in [0.3, 0.4) is 0 Å². The maximum Gasteiger partial charge on any atom is 0.130 e. The summed E-state index contributed by atoms with van der Waals surface area (Å²) in [6.07, 6.45) is 4.97. The smallest absolute Gasteiger partial charge is 0.130 e. The number of alkyl halides is 1. The van der Waals surface area contributed by atoms with Crippen LogP contribution in [0.1, 0.15) is 89.5 Å². The molecule has 1 nitrogen and oxygen atoms in total. The van der Waals surface area contributed by atoms with Crippen molar-refractivity contribution in [1.29, 1.82) is 0 Å². The van der Waals surface area contributed by atoms with Gasteiger partial charge in [0.05, 0.1) is 0 Å². The molecule has 0 spiro atoms. The molecule has 33 heavy (non-hydrogen) atoms. The van der Waals surface area contributed by atoms with Gasteiger partial charge in [-0.3, -0.25) is 0 Å². The fourth-order valence-corrected chi connectivity index (χ4v) is 3.73. The average Bonchev–Trinajstić information content (AvgIpc) is 2.71. The Morgan fingerprint density at radius 3 is 1.91 bits per heavy atom. The summed E-state index contributed by atoms with van der Waals surface area (Å²) in [6, 6.07) is 0. The fourth-order valence-electron chi connectivity index (χ4n) is 3.73. The van der Waals surface area contributed by atoms with Gasteiger partial charge in [-0.1, -0.05) is 83.2 Å². The first kappa shape index (κ1) is 30.9. The molecule has 0 aliphatic carbocycles. The third-order valence-corrected chi connectivity index (χ3v) is 6.46. The minimum absolute atomic E-state index is 0.0921. The molecule has 0 atom stereocenters. The van der Waals surface area contributed by atoms with E-state index in [2.05, 4.69) is 72.3 Å². The molecule has 0 aromatic carbocycles. The van der Waals surface area contributed by atoms with Crippen LogP contribution in [0.4, 0.5) is 4.39 Å². The van der Waals surface area contributed by atoms with Gasteiger partial charge in [0.1, 0.15) is 5.67 Å². The van der Waals surface area contributed by atoms with E-state index in [1.54, 1.807) is 13.8 Å². The largest absolute Gasteiger partial charge is 0.367 e. The third kappa shape index (κ3) is 8.32. The zero-order valence-electron chi connectivity index (χ0n) is 23.7. The minimum atomic E-state index is -1.44. The van der Waals surface area contributed by atoms with Crippen LogP contribution in [0.2, 0.25) is 0 Å². The lowest BCUT2D eigenvalue weighted by atomic mass is 9.80. The Morgan fingerprint density at radius 1 is 1.00 bits per heavy atom. The summed E-state index contributed by atoms with van der Waals surface area (Å²) in [4.78, 5) is 2.28. The van der Waals surface area contributed by atoms with Crippen molar-refractivity contribution in [2.75, 3.05) is 13.1 Å². The second kappa shape index (κ2) is 12.4. The summed E-state index contributed by atoms with van der Waals surface area (Å²) in [6.45, 7) is 38.5. The molecule has 0 amide bonds. The standard InChI is InChI=1S/C29H44FN.C2H6/c1-14-26(29(12,13)30)27(23(7)19(2)3)25-18-31(16-15-20(25)4)24(8)21(5)17-22(6)28(9,10)11;1-2/h14,17H,2,5,8,15-16,18H2,1,3-4,6-7,9-13H3;1-2H3/b22-17+,26-14+,27-23-;. The molecule has 1 heterocycles. The van der Waals surface area contributed by atoms with E-state index in [1.807, 2.05) is 33.8 Å². The number of rotatable bonds is 7. The Morgan fingerprint density at radius 2 is 1.52 bits per heavy atom. The topological polar surface area (TPSA) is 3.24 Å². The highest BCUT2D eigenvalue weighted by atomic mass is 19.1. The first-order valence-electron chi connectivity index (χ1n) is 12.3. The highest BCUT2D eigenvalue weighted by Gasteiger charge is 2.31. The van der Waals surface area contributed by atoms with E-state index < -0.39 is 5.67 Å². The molecular formula is C31H50FN. The lowest BCUT2D eigenvalue weighted by Crippen LogP contribution is -2.33. The SMILES string of the molecule is C=C(/C=C(\C)C(C)(C)C)C(=C)N1CCC(C)=C(C(=C(\C)C(=C)C)/C(=C\C)C(C)(C)F)C1.CC. The molecule has 1 rings (SSSR count). The molecule has 1 aliphatic heterocycles. The molecule has 0 unspecified atom stereocenters.